The molecule has 0 saturated heterocycles. The highest BCUT2D eigenvalue weighted by atomic mass is 127. The van der Waals surface area contributed by atoms with E-state index in [9.17, 15) is 0 Å². The van der Waals surface area contributed by atoms with E-state index >= 15 is 0 Å². The number of aromatic nitrogens is 2. The minimum atomic E-state index is 0. The molecule has 6 heteroatoms. The minimum absolute atomic E-state index is 0. The van der Waals surface area contributed by atoms with Gasteiger partial charge in [0.1, 0.15) is 0 Å². The van der Waals surface area contributed by atoms with Crippen LogP contribution in [-0.2, 0) is 13.0 Å². The zero-order valence-corrected chi connectivity index (χ0v) is 17.1. The fourth-order valence-electron chi connectivity index (χ4n) is 2.56. The number of nitrogens with zero attached hydrogens (tertiary/aromatic N) is 3. The standard InChI is InChI=1S/C20H23N5.HI/c1-21-20(22-14-12-17-6-3-2-4-7-17)23-16-18-8-10-19(11-9-18)25-15-5-13-24-25;/h2-11,13,15H,12,14,16H2,1H3,(H2,21,22,23);1H. The van der Waals surface area contributed by atoms with Crippen molar-refractivity contribution < 1.29 is 0 Å². The molecule has 0 atom stereocenters. The Hall–Kier alpha value is -2.35. The topological polar surface area (TPSA) is 54.2 Å². The average Bonchev–Trinajstić information content (AvgIpc) is 3.20. The number of benzene rings is 2. The van der Waals surface area contributed by atoms with Crippen LogP contribution in [0.2, 0.25) is 0 Å². The maximum atomic E-state index is 4.27. The van der Waals surface area contributed by atoms with Crippen LogP contribution in [-0.4, -0.2) is 29.3 Å². The van der Waals surface area contributed by atoms with Gasteiger partial charge in [-0.05, 0) is 35.7 Å². The molecular formula is C20H24IN5. The number of nitrogens with one attached hydrogen (secondary N) is 2. The van der Waals surface area contributed by atoms with Crippen LogP contribution >= 0.6 is 24.0 Å². The van der Waals surface area contributed by atoms with Crippen LogP contribution in [0.15, 0.2) is 78.0 Å². The number of hydrogen-bond acceptors (Lipinski definition) is 2. The van der Waals surface area contributed by atoms with Gasteiger partial charge in [0.15, 0.2) is 5.96 Å². The van der Waals surface area contributed by atoms with Gasteiger partial charge in [-0.25, -0.2) is 4.68 Å². The lowest BCUT2D eigenvalue weighted by atomic mass is 10.1. The second-order valence-corrected chi connectivity index (χ2v) is 5.71. The number of halogens is 1. The monoisotopic (exact) mass is 461 g/mol. The van der Waals surface area contributed by atoms with E-state index in [1.165, 1.54) is 11.1 Å². The molecule has 0 saturated carbocycles. The van der Waals surface area contributed by atoms with Gasteiger partial charge >= 0.3 is 0 Å². The quantitative estimate of drug-likeness (QED) is 0.336. The average molecular weight is 461 g/mol. The first-order valence-corrected chi connectivity index (χ1v) is 8.42. The van der Waals surface area contributed by atoms with Crippen molar-refractivity contribution in [2.24, 2.45) is 4.99 Å². The molecule has 0 aliphatic carbocycles. The van der Waals surface area contributed by atoms with Gasteiger partial charge in [0.05, 0.1) is 5.69 Å². The van der Waals surface area contributed by atoms with E-state index in [4.69, 9.17) is 0 Å². The largest absolute Gasteiger partial charge is 0.356 e. The van der Waals surface area contributed by atoms with Crippen LogP contribution in [0, 0.1) is 0 Å². The number of rotatable bonds is 6. The van der Waals surface area contributed by atoms with Gasteiger partial charge in [-0.1, -0.05) is 42.5 Å². The first-order valence-electron chi connectivity index (χ1n) is 8.42. The third kappa shape index (κ3) is 5.87. The predicted octanol–water partition coefficient (Wildman–Crippen LogP) is 3.40. The molecule has 0 aliphatic rings. The molecule has 0 bridgehead atoms. The molecular weight excluding hydrogens is 437 g/mol. The Labute approximate surface area is 171 Å². The third-order valence-corrected chi connectivity index (χ3v) is 3.94. The van der Waals surface area contributed by atoms with E-state index < -0.39 is 0 Å². The lowest BCUT2D eigenvalue weighted by Crippen LogP contribution is -2.37. The summed E-state index contributed by atoms with van der Waals surface area (Å²) in [6, 6.07) is 20.7. The molecule has 0 aliphatic heterocycles. The Morgan fingerprint density at radius 1 is 0.962 bits per heavy atom. The predicted molar refractivity (Wildman–Crippen MR) is 117 cm³/mol. The van der Waals surface area contributed by atoms with Crippen LogP contribution in [0.4, 0.5) is 0 Å². The molecule has 2 N–H and O–H groups in total. The van der Waals surface area contributed by atoms with Crippen molar-refractivity contribution in [1.82, 2.24) is 20.4 Å². The molecule has 0 radical (unpaired) electrons. The van der Waals surface area contributed by atoms with Crippen molar-refractivity contribution >= 4 is 29.9 Å². The Kier molecular flexibility index (Phi) is 8.14. The number of guanidine groups is 1. The summed E-state index contributed by atoms with van der Waals surface area (Å²) >= 11 is 0. The molecule has 0 unspecified atom stereocenters. The highest BCUT2D eigenvalue weighted by molar-refractivity contribution is 14.0. The lowest BCUT2D eigenvalue weighted by Gasteiger charge is -2.12. The summed E-state index contributed by atoms with van der Waals surface area (Å²) in [5.74, 6) is 0.812. The van der Waals surface area contributed by atoms with Crippen LogP contribution in [0.25, 0.3) is 5.69 Å². The molecule has 136 valence electrons. The highest BCUT2D eigenvalue weighted by Crippen LogP contribution is 2.08. The SMILES string of the molecule is CN=C(NCCc1ccccc1)NCc1ccc(-n2cccn2)cc1.I. The van der Waals surface area contributed by atoms with Crippen LogP contribution in [0.1, 0.15) is 11.1 Å². The van der Waals surface area contributed by atoms with Gasteiger partial charge in [0.25, 0.3) is 0 Å². The van der Waals surface area contributed by atoms with Crippen LogP contribution in [0.5, 0.6) is 0 Å². The first-order chi connectivity index (χ1) is 12.3. The fourth-order valence-corrected chi connectivity index (χ4v) is 2.56. The van der Waals surface area contributed by atoms with Gasteiger partial charge in [0.2, 0.25) is 0 Å². The molecule has 0 spiro atoms. The number of hydrogen-bond donors (Lipinski definition) is 2. The lowest BCUT2D eigenvalue weighted by molar-refractivity contribution is 0.794. The summed E-state index contributed by atoms with van der Waals surface area (Å²) in [6.07, 6.45) is 4.69. The smallest absolute Gasteiger partial charge is 0.191 e. The van der Waals surface area contributed by atoms with Gasteiger partial charge < -0.3 is 10.6 Å². The Bertz CT molecular complexity index is 783. The van der Waals surface area contributed by atoms with E-state index in [0.29, 0.717) is 0 Å². The van der Waals surface area contributed by atoms with E-state index in [2.05, 4.69) is 69.3 Å². The second-order valence-electron chi connectivity index (χ2n) is 5.71. The Balaban J connectivity index is 0.00000243. The van der Waals surface area contributed by atoms with Crippen molar-refractivity contribution in [1.29, 1.82) is 0 Å². The molecule has 3 aromatic rings. The summed E-state index contributed by atoms with van der Waals surface area (Å²) in [7, 11) is 1.79. The molecule has 2 aromatic carbocycles. The highest BCUT2D eigenvalue weighted by Gasteiger charge is 2.00. The second kappa shape index (κ2) is 10.6. The first kappa shape index (κ1) is 20.0. The third-order valence-electron chi connectivity index (χ3n) is 3.94. The molecule has 26 heavy (non-hydrogen) atoms. The van der Waals surface area contributed by atoms with Crippen molar-refractivity contribution in [2.75, 3.05) is 13.6 Å². The molecule has 0 amide bonds. The van der Waals surface area contributed by atoms with Crippen LogP contribution in [0.3, 0.4) is 0 Å². The Morgan fingerprint density at radius 3 is 2.38 bits per heavy atom. The van der Waals surface area contributed by atoms with Crippen molar-refractivity contribution in [2.45, 2.75) is 13.0 Å². The van der Waals surface area contributed by atoms with Crippen molar-refractivity contribution in [3.8, 4) is 5.69 Å². The summed E-state index contributed by atoms with van der Waals surface area (Å²) in [6.45, 7) is 1.58. The summed E-state index contributed by atoms with van der Waals surface area (Å²) in [4.78, 5) is 4.27. The molecule has 1 heterocycles. The maximum Gasteiger partial charge on any atom is 0.191 e. The summed E-state index contributed by atoms with van der Waals surface area (Å²) in [5, 5.41) is 10.9. The normalized spacial score (nSPS) is 10.9. The van der Waals surface area contributed by atoms with Crippen molar-refractivity contribution in [3.05, 3.63) is 84.2 Å². The summed E-state index contributed by atoms with van der Waals surface area (Å²) in [5.41, 5.74) is 3.57. The van der Waals surface area contributed by atoms with Gasteiger partial charge in [-0.2, -0.15) is 5.10 Å². The van der Waals surface area contributed by atoms with Gasteiger partial charge in [-0.3, -0.25) is 4.99 Å². The molecule has 1 aromatic heterocycles. The molecule has 3 rings (SSSR count). The van der Waals surface area contributed by atoms with Gasteiger partial charge in [0, 0.05) is 32.5 Å². The zero-order chi connectivity index (χ0) is 17.3. The van der Waals surface area contributed by atoms with E-state index in [1.807, 2.05) is 23.0 Å². The van der Waals surface area contributed by atoms with Crippen LogP contribution < -0.4 is 10.6 Å². The Morgan fingerprint density at radius 2 is 1.73 bits per heavy atom. The molecule has 5 nitrogen and oxygen atoms in total. The van der Waals surface area contributed by atoms with E-state index in [-0.39, 0.29) is 24.0 Å². The van der Waals surface area contributed by atoms with E-state index in [1.54, 1.807) is 13.2 Å². The van der Waals surface area contributed by atoms with Gasteiger partial charge in [-0.15, -0.1) is 24.0 Å². The fraction of sp³-hybridized carbons (Fsp3) is 0.200. The summed E-state index contributed by atoms with van der Waals surface area (Å²) < 4.78 is 1.85. The number of aliphatic imine (C=N–C) groups is 1. The van der Waals surface area contributed by atoms with Crippen molar-refractivity contribution in [3.63, 3.8) is 0 Å². The zero-order valence-electron chi connectivity index (χ0n) is 14.8. The van der Waals surface area contributed by atoms with E-state index in [0.717, 1.165) is 31.2 Å². The molecule has 0 fully saturated rings. The minimum Gasteiger partial charge on any atom is -0.356 e. The maximum absolute atomic E-state index is 4.27.